The molecule has 1 aliphatic rings. The first-order valence-electron chi connectivity index (χ1n) is 8.84. The van der Waals surface area contributed by atoms with Crippen LogP contribution < -0.4 is 0 Å². The topological polar surface area (TPSA) is 9.23 Å². The maximum atomic E-state index is 6.08. The van der Waals surface area contributed by atoms with Gasteiger partial charge in [-0.05, 0) is 91.0 Å². The van der Waals surface area contributed by atoms with Crippen molar-refractivity contribution in [3.05, 3.63) is 45.7 Å². The minimum Gasteiger partial charge on any atom is -0.494 e. The van der Waals surface area contributed by atoms with Crippen LogP contribution in [0.2, 0.25) is 0 Å². The summed E-state index contributed by atoms with van der Waals surface area (Å²) < 4.78 is 6.08. The molecule has 0 amide bonds. The summed E-state index contributed by atoms with van der Waals surface area (Å²) in [5, 5.41) is 0. The number of rotatable bonds is 2. The fourth-order valence-corrected chi connectivity index (χ4v) is 3.44. The Balaban J connectivity index is 2.98. The van der Waals surface area contributed by atoms with Crippen LogP contribution >= 0.6 is 0 Å². The minimum atomic E-state index is 0.124. The van der Waals surface area contributed by atoms with E-state index < -0.39 is 0 Å². The second-order valence-corrected chi connectivity index (χ2v) is 7.63. The van der Waals surface area contributed by atoms with Crippen LogP contribution in [-0.4, -0.2) is 6.10 Å². The van der Waals surface area contributed by atoms with Crippen molar-refractivity contribution in [2.24, 2.45) is 5.92 Å². The average Bonchev–Trinajstić information content (AvgIpc) is 2.47. The molecule has 0 fully saturated rings. The van der Waals surface area contributed by atoms with E-state index >= 15 is 0 Å². The molecule has 126 valence electrons. The molecule has 1 aromatic carbocycles. The largest absolute Gasteiger partial charge is 0.494 e. The summed E-state index contributed by atoms with van der Waals surface area (Å²) in [7, 11) is 0. The Morgan fingerprint density at radius 3 is 2.04 bits per heavy atom. The van der Waals surface area contributed by atoms with Crippen LogP contribution in [0.15, 0.2) is 17.9 Å². The monoisotopic (exact) mass is 312 g/mol. The van der Waals surface area contributed by atoms with Gasteiger partial charge in [-0.15, -0.1) is 0 Å². The molecule has 1 atom stereocenters. The summed E-state index contributed by atoms with van der Waals surface area (Å²) in [6.07, 6.45) is 2.14. The third-order valence-electron chi connectivity index (χ3n) is 5.39. The van der Waals surface area contributed by atoms with Gasteiger partial charge < -0.3 is 4.74 Å². The van der Waals surface area contributed by atoms with Crippen LogP contribution in [0.3, 0.4) is 0 Å². The molecule has 1 nitrogen and oxygen atoms in total. The quantitative estimate of drug-likeness (QED) is 0.595. The lowest BCUT2D eigenvalue weighted by atomic mass is 9.78. The Labute approximate surface area is 142 Å². The van der Waals surface area contributed by atoms with Crippen LogP contribution in [0.25, 0.3) is 11.1 Å². The van der Waals surface area contributed by atoms with Crippen molar-refractivity contribution in [1.82, 2.24) is 0 Å². The predicted molar refractivity (Wildman–Crippen MR) is 102 cm³/mol. The Bertz CT molecular complexity index is 672. The first kappa shape index (κ1) is 17.8. The highest BCUT2D eigenvalue weighted by Crippen LogP contribution is 2.41. The van der Waals surface area contributed by atoms with Gasteiger partial charge >= 0.3 is 0 Å². The van der Waals surface area contributed by atoms with Crippen molar-refractivity contribution in [2.45, 2.75) is 74.3 Å². The van der Waals surface area contributed by atoms with Crippen LogP contribution in [0.5, 0.6) is 0 Å². The van der Waals surface area contributed by atoms with Crippen molar-refractivity contribution in [2.75, 3.05) is 0 Å². The van der Waals surface area contributed by atoms with Gasteiger partial charge in [-0.25, -0.2) is 0 Å². The molecule has 0 bridgehead atoms. The predicted octanol–water partition coefficient (Wildman–Crippen LogP) is 6.64. The van der Waals surface area contributed by atoms with Crippen molar-refractivity contribution < 1.29 is 4.74 Å². The van der Waals surface area contributed by atoms with Crippen molar-refractivity contribution in [1.29, 1.82) is 0 Å². The number of fused-ring (bicyclic) bond motifs is 1. The van der Waals surface area contributed by atoms with Crippen LogP contribution in [0.1, 0.15) is 82.2 Å². The molecule has 0 N–H and O–H groups in total. The van der Waals surface area contributed by atoms with Crippen molar-refractivity contribution in [3.63, 3.8) is 0 Å². The van der Waals surface area contributed by atoms with Gasteiger partial charge in [0.15, 0.2) is 0 Å². The number of aryl methyl sites for hydroxylation is 1. The summed E-state index contributed by atoms with van der Waals surface area (Å²) in [6.45, 7) is 20.2. The molecular weight excluding hydrogens is 280 g/mol. The van der Waals surface area contributed by atoms with E-state index in [-0.39, 0.29) is 6.10 Å². The number of ether oxygens (including phenoxy) is 1. The zero-order valence-corrected chi connectivity index (χ0v) is 16.3. The molecule has 1 aliphatic heterocycles. The number of hydrogen-bond acceptors (Lipinski definition) is 1. The highest BCUT2D eigenvalue weighted by atomic mass is 16.5. The van der Waals surface area contributed by atoms with Crippen molar-refractivity contribution in [3.8, 4) is 0 Å². The fourth-order valence-electron chi connectivity index (χ4n) is 3.44. The van der Waals surface area contributed by atoms with Gasteiger partial charge in [0.1, 0.15) is 6.10 Å². The standard InChI is InChI=1S/C22H32O/c1-12(2)19-10-14(5)15(6)21-17(8)16(7)18(9)23-11-20(13(3)4)22(19)21/h10-13,18H,1-9H3/b17-16-,20-11-/t18-/m0/s1. The highest BCUT2D eigenvalue weighted by molar-refractivity contribution is 5.85. The fraction of sp³-hybridized carbons (Fsp3) is 0.545. The molecule has 1 heterocycles. The smallest absolute Gasteiger partial charge is 0.116 e. The molecule has 0 aliphatic carbocycles. The number of benzene rings is 1. The van der Waals surface area contributed by atoms with E-state index in [2.05, 4.69) is 68.4 Å². The van der Waals surface area contributed by atoms with E-state index in [4.69, 9.17) is 4.74 Å². The van der Waals surface area contributed by atoms with Crippen LogP contribution in [-0.2, 0) is 4.74 Å². The molecule has 1 heteroatoms. The minimum absolute atomic E-state index is 0.124. The summed E-state index contributed by atoms with van der Waals surface area (Å²) in [5.74, 6) is 0.932. The lowest BCUT2D eigenvalue weighted by Crippen LogP contribution is -2.15. The number of allylic oxidation sites excluding steroid dienone is 2. The first-order chi connectivity index (χ1) is 10.7. The van der Waals surface area contributed by atoms with E-state index in [1.165, 1.54) is 44.5 Å². The van der Waals surface area contributed by atoms with Crippen molar-refractivity contribution >= 4 is 11.1 Å². The molecule has 0 unspecified atom stereocenters. The normalized spacial score (nSPS) is 24.0. The SMILES string of the molecule is C/C1=C(\C)[C@H](C)O/C=C(/C(C)C)c2c(C(C)C)cc(C)c(C)c21. The molecule has 0 saturated heterocycles. The summed E-state index contributed by atoms with van der Waals surface area (Å²) in [6, 6.07) is 2.38. The van der Waals surface area contributed by atoms with Gasteiger partial charge in [0.05, 0.1) is 6.26 Å². The van der Waals surface area contributed by atoms with Gasteiger partial charge in [-0.1, -0.05) is 33.8 Å². The molecule has 2 rings (SSSR count). The van der Waals surface area contributed by atoms with E-state index in [9.17, 15) is 0 Å². The molecule has 0 aromatic heterocycles. The van der Waals surface area contributed by atoms with E-state index in [0.29, 0.717) is 11.8 Å². The van der Waals surface area contributed by atoms with E-state index in [1.54, 1.807) is 0 Å². The maximum absolute atomic E-state index is 6.08. The summed E-state index contributed by atoms with van der Waals surface area (Å²) in [5.41, 5.74) is 11.1. The molecule has 0 saturated carbocycles. The average molecular weight is 312 g/mol. The molecule has 0 radical (unpaired) electrons. The van der Waals surface area contributed by atoms with E-state index in [1.807, 2.05) is 6.26 Å². The van der Waals surface area contributed by atoms with Crippen LogP contribution in [0.4, 0.5) is 0 Å². The van der Waals surface area contributed by atoms with Crippen LogP contribution in [0, 0.1) is 19.8 Å². The second-order valence-electron chi connectivity index (χ2n) is 7.63. The Kier molecular flexibility index (Phi) is 5.08. The first-order valence-corrected chi connectivity index (χ1v) is 8.84. The maximum Gasteiger partial charge on any atom is 0.116 e. The molecular formula is C22H32O. The third-order valence-corrected chi connectivity index (χ3v) is 5.39. The zero-order chi connectivity index (χ0) is 17.5. The van der Waals surface area contributed by atoms with Gasteiger partial charge in [0, 0.05) is 0 Å². The Hall–Kier alpha value is -1.50. The Morgan fingerprint density at radius 2 is 1.52 bits per heavy atom. The lowest BCUT2D eigenvalue weighted by Gasteiger charge is -2.29. The summed E-state index contributed by atoms with van der Waals surface area (Å²) in [4.78, 5) is 0. The number of hydrogen-bond donors (Lipinski definition) is 0. The molecule has 0 spiro atoms. The lowest BCUT2D eigenvalue weighted by molar-refractivity contribution is 0.193. The van der Waals surface area contributed by atoms with Gasteiger partial charge in [0.2, 0.25) is 0 Å². The summed E-state index contributed by atoms with van der Waals surface area (Å²) >= 11 is 0. The van der Waals surface area contributed by atoms with Gasteiger partial charge in [-0.2, -0.15) is 0 Å². The van der Waals surface area contributed by atoms with Gasteiger partial charge in [-0.3, -0.25) is 0 Å². The highest BCUT2D eigenvalue weighted by Gasteiger charge is 2.25. The Morgan fingerprint density at radius 1 is 0.913 bits per heavy atom. The zero-order valence-electron chi connectivity index (χ0n) is 16.3. The molecule has 1 aromatic rings. The third kappa shape index (κ3) is 3.11. The molecule has 23 heavy (non-hydrogen) atoms. The second kappa shape index (κ2) is 6.55. The van der Waals surface area contributed by atoms with E-state index in [0.717, 1.165) is 0 Å². The van der Waals surface area contributed by atoms with Gasteiger partial charge in [0.25, 0.3) is 0 Å².